The molecular formula is C24H31N3O4. The Labute approximate surface area is 184 Å². The predicted molar refractivity (Wildman–Crippen MR) is 120 cm³/mol. The normalized spacial score (nSPS) is 13.1. The van der Waals surface area contributed by atoms with Crippen LogP contribution in [0, 0.1) is 24.8 Å². The Morgan fingerprint density at radius 3 is 2.00 bits per heavy atom. The molecule has 0 heterocycles. The van der Waals surface area contributed by atoms with Gasteiger partial charge < -0.3 is 15.4 Å². The van der Waals surface area contributed by atoms with Gasteiger partial charge in [-0.3, -0.25) is 14.5 Å². The molecule has 0 radical (unpaired) electrons. The van der Waals surface area contributed by atoms with Gasteiger partial charge in [-0.1, -0.05) is 24.5 Å². The van der Waals surface area contributed by atoms with E-state index in [4.69, 9.17) is 17.6 Å². The number of hydrogen-bond donors (Lipinski definition) is 2. The standard InChI is InChI=1S/C24H31N3O4/c1-10-17-12-14-18(15-13-17)19(20(28)26-23(4,5)6)27(11-2)21(29)16(3)25-22(30)31-24(7,8)9/h1-2,12-16,19H,3-9H3,(H,25,30)(H,26,28). The number of amides is 3. The Bertz CT molecular complexity index is 893. The molecule has 1 rings (SSSR count). The van der Waals surface area contributed by atoms with E-state index in [0.717, 1.165) is 4.90 Å². The minimum Gasteiger partial charge on any atom is -0.444 e. The molecule has 31 heavy (non-hydrogen) atoms. The molecule has 3 amide bonds. The Balaban J connectivity index is 3.25. The molecule has 1 aromatic carbocycles. The van der Waals surface area contributed by atoms with Crippen LogP contribution >= 0.6 is 0 Å². The minimum absolute atomic E-state index is 0.461. The number of terminal acetylenes is 2. The first-order valence-corrected chi connectivity index (χ1v) is 9.86. The van der Waals surface area contributed by atoms with E-state index in [1.54, 1.807) is 45.0 Å². The average Bonchev–Trinajstić information content (AvgIpc) is 2.62. The van der Waals surface area contributed by atoms with Gasteiger partial charge in [-0.2, -0.15) is 0 Å². The van der Waals surface area contributed by atoms with E-state index in [0.29, 0.717) is 11.1 Å². The van der Waals surface area contributed by atoms with Crippen LogP contribution in [0.15, 0.2) is 24.3 Å². The summed E-state index contributed by atoms with van der Waals surface area (Å²) in [6.45, 7) is 12.0. The van der Waals surface area contributed by atoms with Crippen molar-refractivity contribution < 1.29 is 19.1 Å². The highest BCUT2D eigenvalue weighted by atomic mass is 16.6. The first-order valence-electron chi connectivity index (χ1n) is 9.86. The first-order chi connectivity index (χ1) is 14.2. The number of carbonyl (C=O) groups is 3. The fourth-order valence-electron chi connectivity index (χ4n) is 2.64. The van der Waals surface area contributed by atoms with Gasteiger partial charge >= 0.3 is 6.09 Å². The van der Waals surface area contributed by atoms with E-state index in [2.05, 4.69) is 22.6 Å². The van der Waals surface area contributed by atoms with Gasteiger partial charge in [0.2, 0.25) is 5.91 Å². The van der Waals surface area contributed by atoms with Gasteiger partial charge in [-0.15, -0.1) is 6.42 Å². The second-order valence-corrected chi connectivity index (χ2v) is 9.11. The molecule has 7 heteroatoms. The van der Waals surface area contributed by atoms with Crippen molar-refractivity contribution in [1.82, 2.24) is 15.5 Å². The van der Waals surface area contributed by atoms with Crippen molar-refractivity contribution in [2.45, 2.75) is 71.7 Å². The number of nitrogens with zero attached hydrogens (tertiary/aromatic N) is 1. The van der Waals surface area contributed by atoms with E-state index < -0.39 is 41.1 Å². The van der Waals surface area contributed by atoms with Crippen molar-refractivity contribution in [2.75, 3.05) is 0 Å². The van der Waals surface area contributed by atoms with Crippen molar-refractivity contribution in [1.29, 1.82) is 0 Å². The summed E-state index contributed by atoms with van der Waals surface area (Å²) in [6.07, 6.45) is 10.3. The van der Waals surface area contributed by atoms with Crippen LogP contribution in [0.3, 0.4) is 0 Å². The van der Waals surface area contributed by atoms with E-state index in [9.17, 15) is 14.4 Å². The van der Waals surface area contributed by atoms with Crippen LogP contribution in [-0.2, 0) is 14.3 Å². The molecule has 7 nitrogen and oxygen atoms in total. The number of hydrogen-bond acceptors (Lipinski definition) is 4. The number of nitrogens with one attached hydrogen (secondary N) is 2. The summed E-state index contributed by atoms with van der Waals surface area (Å²) in [5, 5.41) is 5.30. The summed E-state index contributed by atoms with van der Waals surface area (Å²) in [5.41, 5.74) is -0.182. The van der Waals surface area contributed by atoms with Crippen LogP contribution in [0.1, 0.15) is 65.6 Å². The highest BCUT2D eigenvalue weighted by molar-refractivity contribution is 5.93. The fraction of sp³-hybridized carbons (Fsp3) is 0.458. The maximum Gasteiger partial charge on any atom is 0.408 e. The SMILES string of the molecule is C#Cc1ccc(C(C(=O)NC(C)(C)C)N(C#C)C(=O)C(C)NC(=O)OC(C)(C)C)cc1. The molecule has 2 N–H and O–H groups in total. The smallest absolute Gasteiger partial charge is 0.408 e. The van der Waals surface area contributed by atoms with Crippen LogP contribution in [0.4, 0.5) is 4.79 Å². The lowest BCUT2D eigenvalue weighted by molar-refractivity contribution is -0.138. The lowest BCUT2D eigenvalue weighted by Gasteiger charge is -2.31. The highest BCUT2D eigenvalue weighted by Crippen LogP contribution is 2.23. The van der Waals surface area contributed by atoms with Gasteiger partial charge in [0.1, 0.15) is 17.7 Å². The summed E-state index contributed by atoms with van der Waals surface area (Å²) in [7, 11) is 0. The summed E-state index contributed by atoms with van der Waals surface area (Å²) in [4.78, 5) is 39.2. The Morgan fingerprint density at radius 2 is 1.58 bits per heavy atom. The van der Waals surface area contributed by atoms with Gasteiger partial charge in [-0.25, -0.2) is 4.79 Å². The molecule has 0 fully saturated rings. The lowest BCUT2D eigenvalue weighted by atomic mass is 10.00. The van der Waals surface area contributed by atoms with Gasteiger partial charge in [0, 0.05) is 17.1 Å². The molecule has 0 saturated carbocycles. The highest BCUT2D eigenvalue weighted by Gasteiger charge is 2.35. The summed E-state index contributed by atoms with van der Waals surface area (Å²) in [5.74, 6) is 1.41. The van der Waals surface area contributed by atoms with Gasteiger partial charge in [-0.05, 0) is 66.2 Å². The molecule has 0 aliphatic heterocycles. The van der Waals surface area contributed by atoms with Gasteiger partial charge in [0.25, 0.3) is 5.91 Å². The molecule has 2 unspecified atom stereocenters. The molecule has 0 aliphatic carbocycles. The molecule has 0 spiro atoms. The monoisotopic (exact) mass is 425 g/mol. The molecular weight excluding hydrogens is 394 g/mol. The largest absolute Gasteiger partial charge is 0.444 e. The molecule has 0 aliphatic rings. The quantitative estimate of drug-likeness (QED) is 0.561. The molecule has 0 saturated heterocycles. The van der Waals surface area contributed by atoms with Crippen LogP contribution in [0.2, 0.25) is 0 Å². The molecule has 0 bridgehead atoms. The van der Waals surface area contributed by atoms with E-state index in [1.807, 2.05) is 20.8 Å². The summed E-state index contributed by atoms with van der Waals surface area (Å²) < 4.78 is 5.19. The minimum atomic E-state index is -1.12. The van der Waals surface area contributed by atoms with E-state index in [1.165, 1.54) is 6.92 Å². The summed E-state index contributed by atoms with van der Waals surface area (Å²) >= 11 is 0. The molecule has 1 aromatic rings. The van der Waals surface area contributed by atoms with Crippen LogP contribution in [0.5, 0.6) is 0 Å². The van der Waals surface area contributed by atoms with E-state index in [-0.39, 0.29) is 0 Å². The van der Waals surface area contributed by atoms with Crippen molar-refractivity contribution >= 4 is 17.9 Å². The Kier molecular flexibility index (Phi) is 8.29. The van der Waals surface area contributed by atoms with Crippen molar-refractivity contribution in [3.05, 3.63) is 35.4 Å². The third kappa shape index (κ3) is 8.06. The Morgan fingerprint density at radius 1 is 1.03 bits per heavy atom. The maximum atomic E-state index is 13.1. The van der Waals surface area contributed by atoms with Crippen LogP contribution < -0.4 is 10.6 Å². The zero-order valence-electron chi connectivity index (χ0n) is 19.2. The maximum absolute atomic E-state index is 13.1. The Hall–Kier alpha value is -3.45. The van der Waals surface area contributed by atoms with Crippen molar-refractivity contribution in [2.24, 2.45) is 0 Å². The zero-order valence-corrected chi connectivity index (χ0v) is 19.2. The van der Waals surface area contributed by atoms with Crippen LogP contribution in [-0.4, -0.2) is 40.0 Å². The fourth-order valence-corrected chi connectivity index (χ4v) is 2.64. The third-order valence-electron chi connectivity index (χ3n) is 3.88. The lowest BCUT2D eigenvalue weighted by Crippen LogP contribution is -2.52. The van der Waals surface area contributed by atoms with E-state index >= 15 is 0 Å². The zero-order chi connectivity index (χ0) is 24.0. The van der Waals surface area contributed by atoms with Crippen molar-refractivity contribution in [3.63, 3.8) is 0 Å². The number of alkyl carbamates (subject to hydrolysis) is 1. The topological polar surface area (TPSA) is 87.7 Å². The summed E-state index contributed by atoms with van der Waals surface area (Å²) in [6, 6.07) is 6.75. The number of carbonyl (C=O) groups excluding carboxylic acids is 3. The first kappa shape index (κ1) is 25.6. The number of ether oxygens (including phenoxy) is 1. The number of rotatable bonds is 5. The molecule has 0 aromatic heterocycles. The molecule has 166 valence electrons. The van der Waals surface area contributed by atoms with Gasteiger partial charge in [0.05, 0.1) is 0 Å². The second kappa shape index (κ2) is 10.0. The van der Waals surface area contributed by atoms with Crippen LogP contribution in [0.25, 0.3) is 0 Å². The van der Waals surface area contributed by atoms with Crippen molar-refractivity contribution in [3.8, 4) is 24.8 Å². The predicted octanol–water partition coefficient (Wildman–Crippen LogP) is 2.96. The second-order valence-electron chi connectivity index (χ2n) is 9.11. The molecule has 2 atom stereocenters. The van der Waals surface area contributed by atoms with Gasteiger partial charge in [0.15, 0.2) is 0 Å². The average molecular weight is 426 g/mol. The third-order valence-corrected chi connectivity index (χ3v) is 3.88. The number of benzene rings is 1.